The molecular weight excluding hydrogens is 246 g/mol. The van der Waals surface area contributed by atoms with Crippen molar-refractivity contribution in [2.75, 3.05) is 0 Å². The van der Waals surface area contributed by atoms with E-state index in [0.717, 1.165) is 31.6 Å². The molecule has 0 atom stereocenters. The fourth-order valence-electron chi connectivity index (χ4n) is 2.64. The van der Waals surface area contributed by atoms with Crippen molar-refractivity contribution in [1.29, 1.82) is 0 Å². The van der Waals surface area contributed by atoms with Crippen molar-refractivity contribution in [1.82, 2.24) is 0 Å². The molecule has 2 N–H and O–H groups in total. The number of benzene rings is 1. The summed E-state index contributed by atoms with van der Waals surface area (Å²) in [5.41, 5.74) is -0.123. The van der Waals surface area contributed by atoms with Gasteiger partial charge in [0.15, 0.2) is 0 Å². The van der Waals surface area contributed by atoms with Gasteiger partial charge in [0, 0.05) is 11.5 Å². The summed E-state index contributed by atoms with van der Waals surface area (Å²) in [6.45, 7) is 2.21. The summed E-state index contributed by atoms with van der Waals surface area (Å²) in [6, 6.07) is 4.16. The van der Waals surface area contributed by atoms with Gasteiger partial charge in [0.05, 0.1) is 6.10 Å². The Morgan fingerprint density at radius 3 is 2.47 bits per heavy atom. The van der Waals surface area contributed by atoms with E-state index < -0.39 is 12.9 Å². The van der Waals surface area contributed by atoms with Crippen molar-refractivity contribution < 1.29 is 19.2 Å². The highest BCUT2D eigenvalue weighted by molar-refractivity contribution is 6.58. The second-order valence-corrected chi connectivity index (χ2v) is 5.23. The second-order valence-electron chi connectivity index (χ2n) is 5.23. The predicted molar refractivity (Wildman–Crippen MR) is 72.9 cm³/mol. The van der Waals surface area contributed by atoms with Crippen LogP contribution in [0.3, 0.4) is 0 Å². The zero-order chi connectivity index (χ0) is 13.8. The Hall–Kier alpha value is -1.07. The van der Waals surface area contributed by atoms with E-state index >= 15 is 0 Å². The molecule has 1 fully saturated rings. The first kappa shape index (κ1) is 14.3. The minimum Gasteiger partial charge on any atom is -0.490 e. The summed E-state index contributed by atoms with van der Waals surface area (Å²) in [4.78, 5) is 0. The van der Waals surface area contributed by atoms with Crippen LogP contribution >= 0.6 is 0 Å². The molecule has 2 rings (SSSR count). The molecule has 3 nitrogen and oxygen atoms in total. The van der Waals surface area contributed by atoms with Gasteiger partial charge < -0.3 is 14.8 Å². The van der Waals surface area contributed by atoms with Crippen molar-refractivity contribution in [2.45, 2.75) is 45.1 Å². The summed E-state index contributed by atoms with van der Waals surface area (Å²) >= 11 is 0. The predicted octanol–water partition coefficient (Wildman–Crippen LogP) is 1.85. The van der Waals surface area contributed by atoms with Gasteiger partial charge in [0.2, 0.25) is 0 Å². The molecule has 1 aromatic carbocycles. The molecule has 104 valence electrons. The zero-order valence-electron chi connectivity index (χ0n) is 11.2. The van der Waals surface area contributed by atoms with Crippen molar-refractivity contribution in [3.8, 4) is 5.75 Å². The van der Waals surface area contributed by atoms with Crippen molar-refractivity contribution >= 4 is 12.6 Å². The highest BCUT2D eigenvalue weighted by Gasteiger charge is 2.22. The Kier molecular flexibility index (Phi) is 4.83. The fourth-order valence-corrected chi connectivity index (χ4v) is 2.64. The lowest BCUT2D eigenvalue weighted by Crippen LogP contribution is -2.32. The quantitative estimate of drug-likeness (QED) is 0.818. The topological polar surface area (TPSA) is 49.7 Å². The van der Waals surface area contributed by atoms with E-state index in [4.69, 9.17) is 14.8 Å². The lowest BCUT2D eigenvalue weighted by atomic mass is 9.80. The Labute approximate surface area is 113 Å². The molecule has 0 aliphatic heterocycles. The molecule has 1 aliphatic carbocycles. The zero-order valence-corrected chi connectivity index (χ0v) is 11.2. The molecule has 0 saturated heterocycles. The molecule has 0 unspecified atom stereocenters. The van der Waals surface area contributed by atoms with Gasteiger partial charge in [-0.1, -0.05) is 19.4 Å². The second kappa shape index (κ2) is 6.39. The molecule has 0 aromatic heterocycles. The van der Waals surface area contributed by atoms with Crippen LogP contribution in [0.4, 0.5) is 4.39 Å². The summed E-state index contributed by atoms with van der Waals surface area (Å²) in [5, 5.41) is 17.9. The molecule has 19 heavy (non-hydrogen) atoms. The average molecular weight is 266 g/mol. The van der Waals surface area contributed by atoms with Crippen LogP contribution in [0.5, 0.6) is 5.75 Å². The van der Waals surface area contributed by atoms with Crippen molar-refractivity contribution in [2.24, 2.45) is 5.92 Å². The van der Waals surface area contributed by atoms with Gasteiger partial charge in [-0.25, -0.2) is 4.39 Å². The van der Waals surface area contributed by atoms with Gasteiger partial charge in [0.1, 0.15) is 11.6 Å². The summed E-state index contributed by atoms with van der Waals surface area (Å²) < 4.78 is 19.3. The molecule has 0 radical (unpaired) electrons. The van der Waals surface area contributed by atoms with E-state index in [-0.39, 0.29) is 11.6 Å². The van der Waals surface area contributed by atoms with Crippen LogP contribution in [0.1, 0.15) is 39.0 Å². The third-order valence-electron chi connectivity index (χ3n) is 3.92. The molecule has 5 heteroatoms. The number of hydrogen-bond acceptors (Lipinski definition) is 3. The van der Waals surface area contributed by atoms with Gasteiger partial charge in [-0.2, -0.15) is 0 Å². The highest BCUT2D eigenvalue weighted by atomic mass is 19.1. The molecular formula is C14H20BFO3. The van der Waals surface area contributed by atoms with Gasteiger partial charge in [-0.3, -0.25) is 0 Å². The number of rotatable bonds is 4. The molecule has 0 spiro atoms. The Balaban J connectivity index is 1.95. The number of hydrogen-bond donors (Lipinski definition) is 2. The molecule has 1 saturated carbocycles. The van der Waals surface area contributed by atoms with Crippen LogP contribution < -0.4 is 10.2 Å². The monoisotopic (exact) mass is 266 g/mol. The molecule has 0 bridgehead atoms. The Morgan fingerprint density at radius 1 is 1.26 bits per heavy atom. The number of halogens is 1. The molecule has 1 aromatic rings. The minimum atomic E-state index is -1.78. The standard InChI is InChI=1S/C14H20BFO3/c1-2-10-3-5-11(6-4-10)19-12-7-8-13(15(17)18)14(16)9-12/h7-11,17-18H,2-6H2,1H3. The molecule has 1 aliphatic rings. The minimum absolute atomic E-state index is 0.123. The van der Waals surface area contributed by atoms with E-state index in [2.05, 4.69) is 6.92 Å². The van der Waals surface area contributed by atoms with Crippen LogP contribution in [-0.4, -0.2) is 23.3 Å². The lowest BCUT2D eigenvalue weighted by Gasteiger charge is -2.28. The SMILES string of the molecule is CCC1CCC(Oc2ccc(B(O)O)c(F)c2)CC1. The maximum Gasteiger partial charge on any atom is 0.491 e. The summed E-state index contributed by atoms with van der Waals surface area (Å²) in [7, 11) is -1.78. The first-order valence-electron chi connectivity index (χ1n) is 6.92. The van der Waals surface area contributed by atoms with Gasteiger partial charge in [-0.05, 0) is 37.7 Å². The fraction of sp³-hybridized carbons (Fsp3) is 0.571. The van der Waals surface area contributed by atoms with Crippen molar-refractivity contribution in [3.05, 3.63) is 24.0 Å². The van der Waals surface area contributed by atoms with E-state index in [1.807, 2.05) is 0 Å². The maximum atomic E-state index is 13.6. The third kappa shape index (κ3) is 3.70. The van der Waals surface area contributed by atoms with Crippen LogP contribution in [-0.2, 0) is 0 Å². The van der Waals surface area contributed by atoms with Crippen LogP contribution in [0, 0.1) is 11.7 Å². The van der Waals surface area contributed by atoms with Crippen molar-refractivity contribution in [3.63, 3.8) is 0 Å². The first-order valence-corrected chi connectivity index (χ1v) is 6.92. The molecule has 0 amide bonds. The van der Waals surface area contributed by atoms with Crippen LogP contribution in [0.25, 0.3) is 0 Å². The largest absolute Gasteiger partial charge is 0.491 e. The smallest absolute Gasteiger partial charge is 0.490 e. The first-order chi connectivity index (χ1) is 9.10. The third-order valence-corrected chi connectivity index (χ3v) is 3.92. The van der Waals surface area contributed by atoms with E-state index in [1.54, 1.807) is 6.07 Å². The lowest BCUT2D eigenvalue weighted by molar-refractivity contribution is 0.129. The van der Waals surface area contributed by atoms with Crippen LogP contribution in [0.15, 0.2) is 18.2 Å². The van der Waals surface area contributed by atoms with E-state index in [0.29, 0.717) is 5.75 Å². The summed E-state index contributed by atoms with van der Waals surface area (Å²) in [6.07, 6.45) is 5.69. The number of ether oxygens (including phenoxy) is 1. The maximum absolute atomic E-state index is 13.6. The van der Waals surface area contributed by atoms with Gasteiger partial charge >= 0.3 is 7.12 Å². The van der Waals surface area contributed by atoms with E-state index in [9.17, 15) is 4.39 Å². The average Bonchev–Trinajstić information content (AvgIpc) is 2.39. The normalized spacial score (nSPS) is 23.2. The summed E-state index contributed by atoms with van der Waals surface area (Å²) in [5.74, 6) is 0.611. The van der Waals surface area contributed by atoms with Gasteiger partial charge in [-0.15, -0.1) is 0 Å². The molecule has 0 heterocycles. The van der Waals surface area contributed by atoms with Gasteiger partial charge in [0.25, 0.3) is 0 Å². The Morgan fingerprint density at radius 2 is 1.95 bits per heavy atom. The highest BCUT2D eigenvalue weighted by Crippen LogP contribution is 2.29. The Bertz CT molecular complexity index is 417. The van der Waals surface area contributed by atoms with E-state index in [1.165, 1.54) is 18.6 Å². The van der Waals surface area contributed by atoms with Crippen LogP contribution in [0.2, 0.25) is 0 Å².